The van der Waals surface area contributed by atoms with Crippen LogP contribution in [0.25, 0.3) is 11.3 Å². The summed E-state index contributed by atoms with van der Waals surface area (Å²) < 4.78 is 5.24. The molecule has 2 aromatic rings. The zero-order chi connectivity index (χ0) is 19.0. The smallest absolute Gasteiger partial charge is 0.410 e. The number of anilines is 1. The minimum Gasteiger partial charge on any atom is -0.447 e. The Hall–Kier alpha value is -3.16. The Morgan fingerprint density at radius 2 is 2.07 bits per heavy atom. The quantitative estimate of drug-likeness (QED) is 0.887. The van der Waals surface area contributed by atoms with Gasteiger partial charge in [-0.2, -0.15) is 0 Å². The van der Waals surface area contributed by atoms with Crippen molar-refractivity contribution in [3.63, 3.8) is 0 Å². The first kappa shape index (κ1) is 17.3. The molecule has 0 bridgehead atoms. The van der Waals surface area contributed by atoms with E-state index in [2.05, 4.69) is 9.97 Å². The molecule has 27 heavy (non-hydrogen) atoms. The van der Waals surface area contributed by atoms with Crippen LogP contribution in [-0.4, -0.2) is 63.5 Å². The van der Waals surface area contributed by atoms with Gasteiger partial charge in [-0.1, -0.05) is 37.3 Å². The molecule has 0 spiro atoms. The molecule has 1 unspecified atom stereocenters. The maximum Gasteiger partial charge on any atom is 0.410 e. The highest BCUT2D eigenvalue weighted by atomic mass is 16.6. The van der Waals surface area contributed by atoms with Gasteiger partial charge in [-0.15, -0.1) is 0 Å². The summed E-state index contributed by atoms with van der Waals surface area (Å²) in [5.41, 5.74) is 7.02. The van der Waals surface area contributed by atoms with Crippen molar-refractivity contribution >= 4 is 17.9 Å². The minimum atomic E-state index is -0.466. The molecule has 2 amide bonds. The van der Waals surface area contributed by atoms with E-state index in [-0.39, 0.29) is 17.9 Å². The third-order valence-corrected chi connectivity index (χ3v) is 5.37. The van der Waals surface area contributed by atoms with Crippen molar-refractivity contribution in [1.29, 1.82) is 0 Å². The van der Waals surface area contributed by atoms with Gasteiger partial charge in [0.15, 0.2) is 0 Å². The molecule has 3 heterocycles. The van der Waals surface area contributed by atoms with Gasteiger partial charge >= 0.3 is 6.09 Å². The second-order valence-electron chi connectivity index (χ2n) is 6.87. The summed E-state index contributed by atoms with van der Waals surface area (Å²) in [7, 11) is 0. The number of carbonyl (C=O) groups is 2. The molecule has 2 saturated heterocycles. The first-order valence-electron chi connectivity index (χ1n) is 8.96. The van der Waals surface area contributed by atoms with E-state index in [0.29, 0.717) is 43.9 Å². The number of rotatable bonds is 3. The molecule has 140 valence electrons. The standard InChI is InChI=1S/C19H21N5O3/c1-2-19-11-23(8-9-24(19)18(26)27-12-19)16(25)14-10-21-17(20)22-15(14)13-6-4-3-5-7-13/h3-7,10H,2,8-9,11-12H2,1H3,(H2,20,21,22). The first-order valence-corrected chi connectivity index (χ1v) is 8.96. The summed E-state index contributed by atoms with van der Waals surface area (Å²) in [6.45, 7) is 3.62. The van der Waals surface area contributed by atoms with Gasteiger partial charge in [0.25, 0.3) is 5.91 Å². The van der Waals surface area contributed by atoms with Gasteiger partial charge in [-0.05, 0) is 6.42 Å². The normalized spacial score (nSPS) is 21.7. The molecular weight excluding hydrogens is 346 g/mol. The average Bonchev–Trinajstić information content (AvgIpc) is 3.05. The SMILES string of the molecule is CCC12COC(=O)N1CCN(C(=O)c1cnc(N)nc1-c1ccccc1)C2. The van der Waals surface area contributed by atoms with Crippen LogP contribution in [0.1, 0.15) is 23.7 Å². The van der Waals surface area contributed by atoms with Crippen molar-refractivity contribution in [2.24, 2.45) is 0 Å². The van der Waals surface area contributed by atoms with Crippen molar-refractivity contribution in [3.8, 4) is 11.3 Å². The van der Waals surface area contributed by atoms with Crippen molar-refractivity contribution in [2.45, 2.75) is 18.9 Å². The Morgan fingerprint density at radius 3 is 2.81 bits per heavy atom. The van der Waals surface area contributed by atoms with Crippen LogP contribution < -0.4 is 5.73 Å². The van der Waals surface area contributed by atoms with Gasteiger partial charge in [0.05, 0.1) is 16.8 Å². The molecule has 4 rings (SSSR count). The molecule has 0 aliphatic carbocycles. The molecule has 2 aliphatic rings. The lowest BCUT2D eigenvalue weighted by atomic mass is 9.92. The largest absolute Gasteiger partial charge is 0.447 e. The fourth-order valence-electron chi connectivity index (χ4n) is 3.78. The number of nitrogens with zero attached hydrogens (tertiary/aromatic N) is 4. The van der Waals surface area contributed by atoms with Crippen molar-refractivity contribution < 1.29 is 14.3 Å². The highest BCUT2D eigenvalue weighted by molar-refractivity contribution is 6.00. The van der Waals surface area contributed by atoms with E-state index < -0.39 is 5.54 Å². The van der Waals surface area contributed by atoms with Crippen LogP contribution in [0.15, 0.2) is 36.5 Å². The number of amides is 2. The van der Waals surface area contributed by atoms with E-state index in [9.17, 15) is 9.59 Å². The number of ether oxygens (including phenoxy) is 1. The zero-order valence-electron chi connectivity index (χ0n) is 15.1. The van der Waals surface area contributed by atoms with E-state index in [0.717, 1.165) is 5.56 Å². The first-order chi connectivity index (χ1) is 13.0. The van der Waals surface area contributed by atoms with Crippen LogP contribution in [0.4, 0.5) is 10.7 Å². The number of nitrogen functional groups attached to an aromatic ring is 1. The Morgan fingerprint density at radius 1 is 1.30 bits per heavy atom. The lowest BCUT2D eigenvalue weighted by molar-refractivity contribution is 0.0362. The van der Waals surface area contributed by atoms with Crippen LogP contribution in [0, 0.1) is 0 Å². The van der Waals surface area contributed by atoms with Crippen LogP contribution >= 0.6 is 0 Å². The fourth-order valence-corrected chi connectivity index (χ4v) is 3.78. The van der Waals surface area contributed by atoms with Crippen molar-refractivity contribution in [3.05, 3.63) is 42.1 Å². The third kappa shape index (κ3) is 2.87. The maximum atomic E-state index is 13.3. The second-order valence-corrected chi connectivity index (χ2v) is 6.87. The summed E-state index contributed by atoms with van der Waals surface area (Å²) in [5, 5.41) is 0. The number of hydrogen-bond donors (Lipinski definition) is 1. The number of carbonyl (C=O) groups excluding carboxylic acids is 2. The Labute approximate surface area is 156 Å². The Kier molecular flexibility index (Phi) is 4.18. The lowest BCUT2D eigenvalue weighted by Crippen LogP contribution is -2.62. The Balaban J connectivity index is 1.67. The highest BCUT2D eigenvalue weighted by Gasteiger charge is 2.50. The molecular formula is C19H21N5O3. The predicted octanol–water partition coefficient (Wildman–Crippen LogP) is 1.78. The maximum absolute atomic E-state index is 13.3. The molecule has 8 nitrogen and oxygen atoms in total. The van der Waals surface area contributed by atoms with E-state index in [1.54, 1.807) is 9.80 Å². The fraction of sp³-hybridized carbons (Fsp3) is 0.368. The van der Waals surface area contributed by atoms with Gasteiger partial charge in [-0.3, -0.25) is 9.69 Å². The molecule has 2 aliphatic heterocycles. The summed E-state index contributed by atoms with van der Waals surface area (Å²) >= 11 is 0. The molecule has 8 heteroatoms. The predicted molar refractivity (Wildman–Crippen MR) is 98.9 cm³/mol. The summed E-state index contributed by atoms with van der Waals surface area (Å²) in [6.07, 6.45) is 1.89. The number of benzene rings is 1. The summed E-state index contributed by atoms with van der Waals surface area (Å²) in [6, 6.07) is 9.43. The number of fused-ring (bicyclic) bond motifs is 1. The molecule has 1 aromatic heterocycles. The van der Waals surface area contributed by atoms with Crippen LogP contribution in [-0.2, 0) is 4.74 Å². The minimum absolute atomic E-state index is 0.120. The number of cyclic esters (lactones) is 1. The second kappa shape index (κ2) is 6.53. The monoisotopic (exact) mass is 367 g/mol. The third-order valence-electron chi connectivity index (χ3n) is 5.37. The molecule has 0 saturated carbocycles. The lowest BCUT2D eigenvalue weighted by Gasteiger charge is -2.44. The molecule has 1 atom stereocenters. The van der Waals surface area contributed by atoms with Gasteiger partial charge in [0.2, 0.25) is 5.95 Å². The summed E-state index contributed by atoms with van der Waals surface area (Å²) in [4.78, 5) is 37.1. The number of piperazine rings is 1. The van der Waals surface area contributed by atoms with Crippen LogP contribution in [0.3, 0.4) is 0 Å². The van der Waals surface area contributed by atoms with Gasteiger partial charge in [0, 0.05) is 31.4 Å². The van der Waals surface area contributed by atoms with Gasteiger partial charge < -0.3 is 15.4 Å². The molecule has 2 N–H and O–H groups in total. The van der Waals surface area contributed by atoms with E-state index >= 15 is 0 Å². The summed E-state index contributed by atoms with van der Waals surface area (Å²) in [5.74, 6) is -0.0456. The Bertz CT molecular complexity index is 888. The van der Waals surface area contributed by atoms with E-state index in [1.165, 1.54) is 6.20 Å². The van der Waals surface area contributed by atoms with E-state index in [1.807, 2.05) is 37.3 Å². The van der Waals surface area contributed by atoms with Gasteiger partial charge in [-0.25, -0.2) is 14.8 Å². The van der Waals surface area contributed by atoms with Gasteiger partial charge in [0.1, 0.15) is 6.61 Å². The average molecular weight is 367 g/mol. The number of hydrogen-bond acceptors (Lipinski definition) is 6. The van der Waals surface area contributed by atoms with Crippen molar-refractivity contribution in [1.82, 2.24) is 19.8 Å². The van der Waals surface area contributed by atoms with Crippen molar-refractivity contribution in [2.75, 3.05) is 32.0 Å². The molecule has 0 radical (unpaired) electrons. The zero-order valence-corrected chi connectivity index (χ0v) is 15.1. The number of aromatic nitrogens is 2. The van der Waals surface area contributed by atoms with Crippen LogP contribution in [0.5, 0.6) is 0 Å². The molecule has 1 aromatic carbocycles. The molecule has 2 fully saturated rings. The highest BCUT2D eigenvalue weighted by Crippen LogP contribution is 2.33. The van der Waals surface area contributed by atoms with E-state index in [4.69, 9.17) is 10.5 Å². The van der Waals surface area contributed by atoms with Crippen LogP contribution in [0.2, 0.25) is 0 Å². The topological polar surface area (TPSA) is 102 Å². The number of nitrogens with two attached hydrogens (primary N) is 1.